The number of amides is 1. The number of ether oxygens (including phenoxy) is 2. The molecule has 5 heterocycles. The predicted octanol–water partition coefficient (Wildman–Crippen LogP) is 6.60. The van der Waals surface area contributed by atoms with Crippen molar-refractivity contribution >= 4 is 38.4 Å². The van der Waals surface area contributed by atoms with Crippen LogP contribution in [0.15, 0.2) is 66.8 Å². The lowest BCUT2D eigenvalue weighted by atomic mass is 9.96. The van der Waals surface area contributed by atoms with Crippen LogP contribution < -0.4 is 4.74 Å². The zero-order valence-corrected chi connectivity index (χ0v) is 26.3. The third-order valence-corrected chi connectivity index (χ3v) is 9.22. The smallest absolute Gasteiger partial charge is 0.246 e. The van der Waals surface area contributed by atoms with Gasteiger partial charge in [0.15, 0.2) is 0 Å². The van der Waals surface area contributed by atoms with Gasteiger partial charge in [-0.25, -0.2) is 18.7 Å². The molecule has 0 saturated heterocycles. The molecule has 9 nitrogen and oxygen atoms in total. The molecule has 1 aliphatic rings. The van der Waals surface area contributed by atoms with Gasteiger partial charge in [-0.2, -0.15) is 5.10 Å². The second-order valence-corrected chi connectivity index (χ2v) is 12.1. The lowest BCUT2D eigenvalue weighted by Crippen LogP contribution is -2.44. The van der Waals surface area contributed by atoms with E-state index in [2.05, 4.69) is 11.6 Å². The molecule has 2 aromatic carbocycles. The first-order valence-electron chi connectivity index (χ1n) is 14.7. The van der Waals surface area contributed by atoms with Crippen LogP contribution in [0.2, 0.25) is 0 Å². The Balaban J connectivity index is 1.50. The van der Waals surface area contributed by atoms with Gasteiger partial charge in [0.25, 0.3) is 0 Å². The number of carbonyl (C=O) groups excluding carboxylic acids is 1. The van der Waals surface area contributed by atoms with Crippen molar-refractivity contribution in [3.63, 3.8) is 0 Å². The predicted molar refractivity (Wildman–Crippen MR) is 173 cm³/mol. The molecule has 6 aromatic rings. The van der Waals surface area contributed by atoms with Gasteiger partial charge in [-0.15, -0.1) is 11.3 Å². The van der Waals surface area contributed by atoms with Gasteiger partial charge in [-0.1, -0.05) is 12.6 Å². The maximum absolute atomic E-state index is 16.0. The van der Waals surface area contributed by atoms with E-state index >= 15 is 4.39 Å². The molecule has 7 rings (SSSR count). The van der Waals surface area contributed by atoms with E-state index in [-0.39, 0.29) is 36.5 Å². The van der Waals surface area contributed by atoms with Crippen LogP contribution in [0, 0.1) is 11.6 Å². The fourth-order valence-corrected chi connectivity index (χ4v) is 6.97. The number of hydrogen-bond donors (Lipinski definition) is 0. The van der Waals surface area contributed by atoms with E-state index in [0.717, 1.165) is 38.4 Å². The number of imidazole rings is 1. The Bertz CT molecular complexity index is 2150. The number of pyridine rings is 1. The zero-order valence-electron chi connectivity index (χ0n) is 25.5. The molecule has 1 atom stereocenters. The molecule has 1 aliphatic heterocycles. The molecule has 0 fully saturated rings. The van der Waals surface area contributed by atoms with Gasteiger partial charge in [-0.05, 0) is 42.6 Å². The highest BCUT2D eigenvalue weighted by atomic mass is 32.1. The summed E-state index contributed by atoms with van der Waals surface area (Å²) in [6, 6.07) is 11.7. The van der Waals surface area contributed by atoms with Crippen molar-refractivity contribution in [2.75, 3.05) is 20.3 Å². The molecule has 0 spiro atoms. The quantitative estimate of drug-likeness (QED) is 0.138. The highest BCUT2D eigenvalue weighted by Crippen LogP contribution is 2.47. The van der Waals surface area contributed by atoms with Crippen LogP contribution in [-0.2, 0) is 29.7 Å². The van der Waals surface area contributed by atoms with E-state index in [1.54, 1.807) is 11.2 Å². The maximum Gasteiger partial charge on any atom is 0.246 e. The van der Waals surface area contributed by atoms with Gasteiger partial charge < -0.3 is 18.9 Å². The number of benzene rings is 2. The number of fused-ring (bicyclic) bond motifs is 3. The summed E-state index contributed by atoms with van der Waals surface area (Å²) in [5.41, 5.74) is 5.57. The lowest BCUT2D eigenvalue weighted by molar-refractivity contribution is -0.129. The SMILES string of the molecule is C=CC(=O)N1Cc2cc(-c3nc(-c4ccc5ncn(C)c5c4)c4ccsc4c3-c3c(F)cc(F)cc3OCCOC)nn2C[C@H]1C. The molecule has 0 radical (unpaired) electrons. The van der Waals surface area contributed by atoms with Crippen molar-refractivity contribution in [3.05, 3.63) is 84.2 Å². The molecule has 0 aliphatic carbocycles. The van der Waals surface area contributed by atoms with Crippen LogP contribution in [0.4, 0.5) is 8.78 Å². The second kappa shape index (κ2) is 11.8. The normalized spacial score (nSPS) is 14.6. The number of methoxy groups -OCH3 is 1. The fraction of sp³-hybridized carbons (Fsp3) is 0.235. The van der Waals surface area contributed by atoms with E-state index < -0.39 is 11.6 Å². The Morgan fingerprint density at radius 2 is 1.98 bits per heavy atom. The Morgan fingerprint density at radius 1 is 1.13 bits per heavy atom. The van der Waals surface area contributed by atoms with Crippen LogP contribution in [0.3, 0.4) is 0 Å². The fourth-order valence-electron chi connectivity index (χ4n) is 6.03. The Labute approximate surface area is 267 Å². The first kappa shape index (κ1) is 29.8. The van der Waals surface area contributed by atoms with E-state index in [1.807, 2.05) is 58.9 Å². The van der Waals surface area contributed by atoms with Crippen LogP contribution >= 0.6 is 11.3 Å². The Kier molecular flexibility index (Phi) is 7.61. The molecule has 12 heteroatoms. The van der Waals surface area contributed by atoms with Crippen molar-refractivity contribution in [3.8, 4) is 39.5 Å². The molecule has 0 bridgehead atoms. The summed E-state index contributed by atoms with van der Waals surface area (Å²) >= 11 is 1.43. The Morgan fingerprint density at radius 3 is 2.78 bits per heavy atom. The molecule has 4 aromatic heterocycles. The van der Waals surface area contributed by atoms with E-state index in [1.165, 1.54) is 30.6 Å². The van der Waals surface area contributed by atoms with E-state index in [9.17, 15) is 9.18 Å². The third kappa shape index (κ3) is 5.03. The van der Waals surface area contributed by atoms with Gasteiger partial charge in [0.1, 0.15) is 35.4 Å². The summed E-state index contributed by atoms with van der Waals surface area (Å²) in [7, 11) is 3.46. The van der Waals surface area contributed by atoms with Crippen molar-refractivity contribution in [1.82, 2.24) is 29.2 Å². The molecule has 234 valence electrons. The summed E-state index contributed by atoms with van der Waals surface area (Å²) in [5, 5.41) is 7.67. The minimum absolute atomic E-state index is 0.0386. The molecule has 0 unspecified atom stereocenters. The van der Waals surface area contributed by atoms with Crippen LogP contribution in [0.5, 0.6) is 5.75 Å². The Hall–Kier alpha value is -4.94. The highest BCUT2D eigenvalue weighted by molar-refractivity contribution is 7.18. The molecular weight excluding hydrogens is 610 g/mol. The van der Waals surface area contributed by atoms with Crippen molar-refractivity contribution in [1.29, 1.82) is 0 Å². The van der Waals surface area contributed by atoms with Crippen LogP contribution in [0.1, 0.15) is 12.6 Å². The number of nitrogens with zero attached hydrogens (tertiary/aromatic N) is 6. The number of aromatic nitrogens is 5. The molecule has 0 N–H and O–H groups in total. The van der Waals surface area contributed by atoms with Crippen molar-refractivity contribution in [2.45, 2.75) is 26.1 Å². The van der Waals surface area contributed by atoms with Gasteiger partial charge in [0.2, 0.25) is 5.91 Å². The summed E-state index contributed by atoms with van der Waals surface area (Å²) in [6.07, 6.45) is 3.07. The summed E-state index contributed by atoms with van der Waals surface area (Å²) < 4.78 is 46.2. The number of carbonyl (C=O) groups is 1. The molecular formula is C34H30F2N6O3S. The molecule has 0 saturated carbocycles. The minimum atomic E-state index is -0.783. The van der Waals surface area contributed by atoms with E-state index in [4.69, 9.17) is 19.6 Å². The van der Waals surface area contributed by atoms with Gasteiger partial charge in [0.05, 0.1) is 54.0 Å². The van der Waals surface area contributed by atoms with Crippen LogP contribution in [0.25, 0.3) is 54.9 Å². The summed E-state index contributed by atoms with van der Waals surface area (Å²) in [5.74, 6) is -1.67. The average Bonchev–Trinajstić information content (AvgIpc) is 3.78. The third-order valence-electron chi connectivity index (χ3n) is 8.29. The van der Waals surface area contributed by atoms with Crippen molar-refractivity contribution < 1.29 is 23.0 Å². The largest absolute Gasteiger partial charge is 0.490 e. The first-order chi connectivity index (χ1) is 22.3. The standard InChI is InChI=1S/C34H30F2N6O3S/c1-5-29(43)41-17-22-15-26(39-42(22)16-19(41)2)33-31(30-24(36)13-21(35)14-28(30)45-10-9-44-4)34-23(8-11-46-34)32(38-33)20-6-7-25-27(12-20)40(3)18-37-25/h5-8,11-15,18-19H,1,9-10,16-17H2,2-4H3/t19-/m1/s1. The lowest BCUT2D eigenvalue weighted by Gasteiger charge is -2.33. The number of thiophene rings is 1. The van der Waals surface area contributed by atoms with Crippen molar-refractivity contribution in [2.24, 2.45) is 7.05 Å². The van der Waals surface area contributed by atoms with E-state index in [0.29, 0.717) is 35.7 Å². The van der Waals surface area contributed by atoms with Gasteiger partial charge in [0, 0.05) is 53.5 Å². The number of rotatable bonds is 8. The summed E-state index contributed by atoms with van der Waals surface area (Å²) in [6.45, 7) is 6.72. The monoisotopic (exact) mass is 640 g/mol. The topological polar surface area (TPSA) is 87.3 Å². The molecule has 1 amide bonds. The van der Waals surface area contributed by atoms with Gasteiger partial charge >= 0.3 is 0 Å². The minimum Gasteiger partial charge on any atom is -0.490 e. The van der Waals surface area contributed by atoms with Gasteiger partial charge in [-0.3, -0.25) is 9.48 Å². The number of aryl methyl sites for hydroxylation is 1. The second-order valence-electron chi connectivity index (χ2n) is 11.2. The zero-order chi connectivity index (χ0) is 32.1. The first-order valence-corrected chi connectivity index (χ1v) is 15.6. The van der Waals surface area contributed by atoms with Crippen LogP contribution in [-0.4, -0.2) is 61.5 Å². The molecule has 46 heavy (non-hydrogen) atoms. The maximum atomic E-state index is 16.0. The number of hydrogen-bond acceptors (Lipinski definition) is 7. The number of halogens is 2. The average molecular weight is 641 g/mol. The summed E-state index contributed by atoms with van der Waals surface area (Å²) in [4.78, 5) is 24.0. The highest BCUT2D eigenvalue weighted by Gasteiger charge is 2.30.